The Morgan fingerprint density at radius 2 is 1.22 bits per heavy atom. The smallest absolute Gasteiger partial charge is 0.180 e. The van der Waals surface area contributed by atoms with Crippen molar-refractivity contribution in [1.29, 1.82) is 5.26 Å². The molecule has 0 spiro atoms. The topological polar surface area (TPSA) is 67.6 Å². The zero-order valence-corrected chi connectivity index (χ0v) is 24.6. The maximum atomic E-state index is 9.58. The molecule has 9 rings (SSSR count). The lowest BCUT2D eigenvalue weighted by Gasteiger charge is -2.10. The molecule has 0 N–H and O–H groups in total. The average Bonchev–Trinajstić information content (AvgIpc) is 3.67. The molecule has 0 amide bonds. The molecule has 214 valence electrons. The van der Waals surface area contributed by atoms with E-state index in [1.165, 1.54) is 21.8 Å². The molecule has 0 aliphatic heterocycles. The first-order valence-electron chi connectivity index (χ1n) is 15.1. The molecule has 0 unspecified atom stereocenters. The zero-order valence-electron chi connectivity index (χ0n) is 24.6. The summed E-state index contributed by atoms with van der Waals surface area (Å²) in [6.45, 7) is 0. The third-order valence-electron chi connectivity index (χ3n) is 8.63. The van der Waals surface area contributed by atoms with Gasteiger partial charge in [-0.15, -0.1) is 0 Å². The van der Waals surface area contributed by atoms with Crippen LogP contribution >= 0.6 is 0 Å². The van der Waals surface area contributed by atoms with Gasteiger partial charge in [0.2, 0.25) is 0 Å². The van der Waals surface area contributed by atoms with E-state index < -0.39 is 0 Å². The summed E-state index contributed by atoms with van der Waals surface area (Å²) in [5, 5.41) is 13.0. The highest BCUT2D eigenvalue weighted by Crippen LogP contribution is 2.38. The van der Waals surface area contributed by atoms with E-state index in [2.05, 4.69) is 102 Å². The van der Waals surface area contributed by atoms with Crippen LogP contribution in [0.3, 0.4) is 0 Å². The molecule has 0 radical (unpaired) electrons. The van der Waals surface area contributed by atoms with Gasteiger partial charge in [0.15, 0.2) is 11.4 Å². The van der Waals surface area contributed by atoms with Crippen molar-refractivity contribution >= 4 is 43.9 Å². The third kappa shape index (κ3) is 4.09. The van der Waals surface area contributed by atoms with Gasteiger partial charge in [0.05, 0.1) is 22.7 Å². The van der Waals surface area contributed by atoms with E-state index in [-0.39, 0.29) is 0 Å². The standard InChI is InChI=1S/C41H24N4O/c42-25-26-10-8-14-30(22-26)38-40-39(44-41(43-38)27-11-2-1-3-12-27)34-21-20-29(24-37(34)46-40)28-13-9-15-31(23-28)45-35-18-6-4-16-32(35)33-17-5-7-19-36(33)45/h1-24H. The Morgan fingerprint density at radius 3 is 2.00 bits per heavy atom. The fraction of sp³-hybridized carbons (Fsp3) is 0. The number of furan rings is 1. The molecular formula is C41H24N4O. The molecule has 5 heteroatoms. The minimum Gasteiger partial charge on any atom is -0.452 e. The Morgan fingerprint density at radius 1 is 0.543 bits per heavy atom. The van der Waals surface area contributed by atoms with E-state index in [1.54, 1.807) is 6.07 Å². The Kier molecular flexibility index (Phi) is 5.81. The maximum Gasteiger partial charge on any atom is 0.180 e. The lowest BCUT2D eigenvalue weighted by molar-refractivity contribution is 0.667. The van der Waals surface area contributed by atoms with Gasteiger partial charge in [0.25, 0.3) is 0 Å². The zero-order chi connectivity index (χ0) is 30.6. The van der Waals surface area contributed by atoms with Crippen LogP contribution in [-0.2, 0) is 0 Å². The summed E-state index contributed by atoms with van der Waals surface area (Å²) in [6, 6.07) is 51.7. The predicted molar refractivity (Wildman–Crippen MR) is 185 cm³/mol. The summed E-state index contributed by atoms with van der Waals surface area (Å²) in [6.07, 6.45) is 0. The Labute approximate surface area is 264 Å². The number of hydrogen-bond donors (Lipinski definition) is 0. The molecule has 46 heavy (non-hydrogen) atoms. The van der Waals surface area contributed by atoms with Gasteiger partial charge in [-0.3, -0.25) is 0 Å². The first-order chi connectivity index (χ1) is 22.7. The molecular weight excluding hydrogens is 564 g/mol. The van der Waals surface area contributed by atoms with Crippen LogP contribution in [0, 0.1) is 11.3 Å². The Balaban J connectivity index is 1.22. The summed E-state index contributed by atoms with van der Waals surface area (Å²) < 4.78 is 8.90. The number of nitrogens with zero attached hydrogens (tertiary/aromatic N) is 4. The van der Waals surface area contributed by atoms with Gasteiger partial charge in [0.1, 0.15) is 16.8 Å². The molecule has 0 atom stereocenters. The largest absolute Gasteiger partial charge is 0.452 e. The van der Waals surface area contributed by atoms with Crippen molar-refractivity contribution < 1.29 is 4.42 Å². The van der Waals surface area contributed by atoms with E-state index in [4.69, 9.17) is 14.4 Å². The highest BCUT2D eigenvalue weighted by Gasteiger charge is 2.19. The van der Waals surface area contributed by atoms with Crippen molar-refractivity contribution in [3.63, 3.8) is 0 Å². The van der Waals surface area contributed by atoms with Crippen LogP contribution in [0.15, 0.2) is 150 Å². The summed E-state index contributed by atoms with van der Waals surface area (Å²) in [7, 11) is 0. The second-order valence-corrected chi connectivity index (χ2v) is 11.4. The lowest BCUT2D eigenvalue weighted by Crippen LogP contribution is -1.94. The maximum absolute atomic E-state index is 9.58. The van der Waals surface area contributed by atoms with Crippen LogP contribution in [0.5, 0.6) is 0 Å². The van der Waals surface area contributed by atoms with Crippen molar-refractivity contribution in [3.05, 3.63) is 151 Å². The van der Waals surface area contributed by atoms with Gasteiger partial charge in [-0.1, -0.05) is 97.1 Å². The fourth-order valence-electron chi connectivity index (χ4n) is 6.49. The molecule has 9 aromatic rings. The second-order valence-electron chi connectivity index (χ2n) is 11.4. The summed E-state index contributed by atoms with van der Waals surface area (Å²) >= 11 is 0. The van der Waals surface area contributed by atoms with Crippen LogP contribution < -0.4 is 0 Å². The van der Waals surface area contributed by atoms with Crippen molar-refractivity contribution in [1.82, 2.24) is 14.5 Å². The normalized spacial score (nSPS) is 11.5. The quantitative estimate of drug-likeness (QED) is 0.205. The van der Waals surface area contributed by atoms with E-state index in [0.717, 1.165) is 44.4 Å². The predicted octanol–water partition coefficient (Wildman–Crippen LogP) is 10.3. The number of rotatable bonds is 4. The van der Waals surface area contributed by atoms with E-state index in [9.17, 15) is 5.26 Å². The van der Waals surface area contributed by atoms with Crippen LogP contribution in [0.2, 0.25) is 0 Å². The summed E-state index contributed by atoms with van der Waals surface area (Å²) in [4.78, 5) is 9.96. The Bertz CT molecular complexity index is 2610. The third-order valence-corrected chi connectivity index (χ3v) is 8.63. The second kappa shape index (κ2) is 10.3. The first-order valence-corrected chi connectivity index (χ1v) is 15.1. The van der Waals surface area contributed by atoms with E-state index in [0.29, 0.717) is 22.7 Å². The molecule has 5 nitrogen and oxygen atoms in total. The molecule has 0 saturated heterocycles. The van der Waals surface area contributed by atoms with Crippen LogP contribution in [0.25, 0.3) is 83.3 Å². The molecule has 0 aliphatic rings. The number of aromatic nitrogens is 3. The molecule has 3 aromatic heterocycles. The van der Waals surface area contributed by atoms with E-state index in [1.807, 2.05) is 48.5 Å². The van der Waals surface area contributed by atoms with Crippen LogP contribution in [0.4, 0.5) is 0 Å². The average molecular weight is 589 g/mol. The van der Waals surface area contributed by atoms with Crippen molar-refractivity contribution in [3.8, 4) is 45.5 Å². The fourth-order valence-corrected chi connectivity index (χ4v) is 6.49. The minimum atomic E-state index is 0.562. The molecule has 0 bridgehead atoms. The molecule has 0 fully saturated rings. The molecule has 0 saturated carbocycles. The number of para-hydroxylation sites is 2. The number of fused-ring (bicyclic) bond motifs is 6. The van der Waals surface area contributed by atoms with Crippen molar-refractivity contribution in [2.24, 2.45) is 0 Å². The van der Waals surface area contributed by atoms with Crippen LogP contribution in [-0.4, -0.2) is 14.5 Å². The van der Waals surface area contributed by atoms with Crippen molar-refractivity contribution in [2.45, 2.75) is 0 Å². The SMILES string of the molecule is N#Cc1cccc(-c2nc(-c3ccccc3)nc3c2oc2cc(-c4cccc(-n5c6ccccc6c6ccccc65)c4)ccc23)c1. The Hall–Kier alpha value is -6.51. The van der Waals surface area contributed by atoms with Crippen LogP contribution in [0.1, 0.15) is 5.56 Å². The monoisotopic (exact) mass is 588 g/mol. The van der Waals surface area contributed by atoms with Gasteiger partial charge in [0, 0.05) is 33.0 Å². The van der Waals surface area contributed by atoms with Gasteiger partial charge in [-0.05, 0) is 59.7 Å². The summed E-state index contributed by atoms with van der Waals surface area (Å²) in [5.41, 5.74) is 10.6. The van der Waals surface area contributed by atoms with Gasteiger partial charge in [-0.2, -0.15) is 5.26 Å². The number of benzene rings is 6. The molecule has 6 aromatic carbocycles. The van der Waals surface area contributed by atoms with Gasteiger partial charge < -0.3 is 8.98 Å². The highest BCUT2D eigenvalue weighted by molar-refractivity contribution is 6.10. The van der Waals surface area contributed by atoms with Crippen molar-refractivity contribution in [2.75, 3.05) is 0 Å². The summed E-state index contributed by atoms with van der Waals surface area (Å²) in [5.74, 6) is 0.608. The number of nitriles is 1. The lowest BCUT2D eigenvalue weighted by atomic mass is 10.0. The van der Waals surface area contributed by atoms with E-state index >= 15 is 0 Å². The highest BCUT2D eigenvalue weighted by atomic mass is 16.3. The molecule has 0 aliphatic carbocycles. The van der Waals surface area contributed by atoms with Gasteiger partial charge in [-0.25, -0.2) is 9.97 Å². The van der Waals surface area contributed by atoms with Gasteiger partial charge >= 0.3 is 0 Å². The minimum absolute atomic E-state index is 0.562. The number of hydrogen-bond acceptors (Lipinski definition) is 4. The first kappa shape index (κ1) is 25.9. The molecule has 3 heterocycles.